The first-order valence-corrected chi connectivity index (χ1v) is 4.08. The summed E-state index contributed by atoms with van der Waals surface area (Å²) >= 11 is 0. The van der Waals surface area contributed by atoms with E-state index >= 15 is 0 Å². The third kappa shape index (κ3) is 1.16. The van der Waals surface area contributed by atoms with E-state index in [1.165, 1.54) is 0 Å². The molecule has 0 saturated carbocycles. The molecule has 0 aliphatic carbocycles. The number of hydrogen-bond acceptors (Lipinski definition) is 3. The van der Waals surface area contributed by atoms with E-state index in [4.69, 9.17) is 4.42 Å². The molecular weight excluding hydrogens is 140 g/mol. The molecule has 2 rings (SSSR count). The molecule has 60 valence electrons. The lowest BCUT2D eigenvalue weighted by atomic mass is 10.2. The van der Waals surface area contributed by atoms with Crippen LogP contribution >= 0.6 is 0 Å². The van der Waals surface area contributed by atoms with E-state index in [2.05, 4.69) is 17.2 Å². The summed E-state index contributed by atoms with van der Waals surface area (Å²) in [7, 11) is 0. The predicted octanol–water partition coefficient (Wildman–Crippen LogP) is 0.883. The second kappa shape index (κ2) is 2.66. The Bertz CT molecular complexity index is 231. The Morgan fingerprint density at radius 1 is 1.64 bits per heavy atom. The van der Waals surface area contributed by atoms with Gasteiger partial charge in [0.1, 0.15) is 5.76 Å². The van der Waals surface area contributed by atoms with Crippen LogP contribution in [0.3, 0.4) is 0 Å². The smallest absolute Gasteiger partial charge is 0.194 e. The highest BCUT2D eigenvalue weighted by molar-refractivity contribution is 5.12. The molecule has 3 heteroatoms. The molecular formula is C8H12N2O. The Kier molecular flexibility index (Phi) is 1.66. The van der Waals surface area contributed by atoms with Crippen molar-refractivity contribution in [1.82, 2.24) is 10.3 Å². The molecule has 3 nitrogen and oxygen atoms in total. The lowest BCUT2D eigenvalue weighted by Crippen LogP contribution is -2.22. The monoisotopic (exact) mass is 152 g/mol. The molecule has 0 saturated heterocycles. The summed E-state index contributed by atoms with van der Waals surface area (Å²) in [5, 5.41) is 3.26. The van der Waals surface area contributed by atoms with E-state index in [0.29, 0.717) is 0 Å². The van der Waals surface area contributed by atoms with Crippen molar-refractivity contribution >= 4 is 0 Å². The van der Waals surface area contributed by atoms with Crippen LogP contribution < -0.4 is 5.32 Å². The van der Waals surface area contributed by atoms with Crippen molar-refractivity contribution in [2.45, 2.75) is 26.3 Å². The van der Waals surface area contributed by atoms with Crippen LogP contribution in [-0.2, 0) is 19.4 Å². The molecule has 0 unspecified atom stereocenters. The van der Waals surface area contributed by atoms with Gasteiger partial charge in [-0.15, -0.1) is 0 Å². The van der Waals surface area contributed by atoms with Gasteiger partial charge in [0, 0.05) is 25.9 Å². The molecule has 0 spiro atoms. The minimum atomic E-state index is 0.874. The Labute approximate surface area is 65.8 Å². The minimum absolute atomic E-state index is 0.874. The van der Waals surface area contributed by atoms with Crippen molar-refractivity contribution in [3.05, 3.63) is 17.3 Å². The number of aryl methyl sites for hydroxylation is 1. The zero-order valence-corrected chi connectivity index (χ0v) is 6.68. The number of hydrogen-bond donors (Lipinski definition) is 1. The molecule has 0 amide bonds. The SMILES string of the molecule is CCc1nc2c(o1)CCNC2. The third-order valence-electron chi connectivity index (χ3n) is 1.95. The summed E-state index contributed by atoms with van der Waals surface area (Å²) in [6.45, 7) is 3.95. The lowest BCUT2D eigenvalue weighted by Gasteiger charge is -2.08. The molecule has 0 fully saturated rings. The Morgan fingerprint density at radius 3 is 3.27 bits per heavy atom. The summed E-state index contributed by atoms with van der Waals surface area (Å²) in [4.78, 5) is 4.34. The van der Waals surface area contributed by atoms with Crippen molar-refractivity contribution in [3.8, 4) is 0 Å². The van der Waals surface area contributed by atoms with Gasteiger partial charge >= 0.3 is 0 Å². The summed E-state index contributed by atoms with van der Waals surface area (Å²) in [6.07, 6.45) is 1.88. The van der Waals surface area contributed by atoms with Crippen LogP contribution in [0.5, 0.6) is 0 Å². The quantitative estimate of drug-likeness (QED) is 0.649. The number of nitrogens with one attached hydrogen (secondary N) is 1. The number of aromatic nitrogens is 1. The first kappa shape index (κ1) is 6.85. The van der Waals surface area contributed by atoms with Gasteiger partial charge < -0.3 is 9.73 Å². The molecule has 0 bridgehead atoms. The second-order valence-electron chi connectivity index (χ2n) is 2.76. The third-order valence-corrected chi connectivity index (χ3v) is 1.95. The maximum absolute atomic E-state index is 5.50. The highest BCUT2D eigenvalue weighted by Crippen LogP contribution is 2.14. The van der Waals surface area contributed by atoms with Crippen molar-refractivity contribution < 1.29 is 4.42 Å². The van der Waals surface area contributed by atoms with Gasteiger partial charge in [0.05, 0.1) is 5.69 Å². The topological polar surface area (TPSA) is 38.1 Å². The predicted molar refractivity (Wildman–Crippen MR) is 41.3 cm³/mol. The molecule has 1 aromatic heterocycles. The Hall–Kier alpha value is -0.830. The Morgan fingerprint density at radius 2 is 2.55 bits per heavy atom. The summed E-state index contributed by atoms with van der Waals surface area (Å²) in [6, 6.07) is 0. The standard InChI is InChI=1S/C8H12N2O/c1-2-8-10-6-5-9-4-3-7(6)11-8/h9H,2-5H2,1H3. The highest BCUT2D eigenvalue weighted by Gasteiger charge is 2.14. The maximum atomic E-state index is 5.50. The molecule has 0 atom stereocenters. The molecule has 1 aromatic rings. The molecule has 2 heterocycles. The number of fused-ring (bicyclic) bond motifs is 1. The van der Waals surface area contributed by atoms with Gasteiger partial charge in [-0.1, -0.05) is 6.92 Å². The first-order chi connectivity index (χ1) is 5.40. The maximum Gasteiger partial charge on any atom is 0.194 e. The second-order valence-corrected chi connectivity index (χ2v) is 2.76. The first-order valence-electron chi connectivity index (χ1n) is 4.08. The number of rotatable bonds is 1. The van der Waals surface area contributed by atoms with Crippen LogP contribution in [-0.4, -0.2) is 11.5 Å². The van der Waals surface area contributed by atoms with Crippen LogP contribution in [0.25, 0.3) is 0 Å². The number of oxazole rings is 1. The van der Waals surface area contributed by atoms with E-state index in [1.807, 2.05) is 0 Å². The van der Waals surface area contributed by atoms with Gasteiger partial charge in [-0.2, -0.15) is 0 Å². The van der Waals surface area contributed by atoms with Crippen molar-refractivity contribution in [3.63, 3.8) is 0 Å². The van der Waals surface area contributed by atoms with Crippen LogP contribution in [0, 0.1) is 0 Å². The normalized spacial score (nSPS) is 16.5. The fourth-order valence-corrected chi connectivity index (χ4v) is 1.33. The Balaban J connectivity index is 2.32. The molecule has 0 radical (unpaired) electrons. The van der Waals surface area contributed by atoms with Crippen molar-refractivity contribution in [2.24, 2.45) is 0 Å². The lowest BCUT2D eigenvalue weighted by molar-refractivity contribution is 0.442. The van der Waals surface area contributed by atoms with Crippen molar-refractivity contribution in [2.75, 3.05) is 6.54 Å². The van der Waals surface area contributed by atoms with Gasteiger partial charge in [0.15, 0.2) is 5.89 Å². The molecule has 11 heavy (non-hydrogen) atoms. The van der Waals surface area contributed by atoms with E-state index in [1.54, 1.807) is 0 Å². The average molecular weight is 152 g/mol. The van der Waals surface area contributed by atoms with Gasteiger partial charge in [0.2, 0.25) is 0 Å². The molecule has 1 aliphatic heterocycles. The zero-order valence-electron chi connectivity index (χ0n) is 6.68. The fourth-order valence-electron chi connectivity index (χ4n) is 1.33. The van der Waals surface area contributed by atoms with Crippen molar-refractivity contribution in [1.29, 1.82) is 0 Å². The van der Waals surface area contributed by atoms with Crippen LogP contribution in [0.2, 0.25) is 0 Å². The molecule has 1 aliphatic rings. The minimum Gasteiger partial charge on any atom is -0.445 e. The van der Waals surface area contributed by atoms with Crippen LogP contribution in [0.4, 0.5) is 0 Å². The highest BCUT2D eigenvalue weighted by atomic mass is 16.4. The van der Waals surface area contributed by atoms with E-state index < -0.39 is 0 Å². The van der Waals surface area contributed by atoms with E-state index in [-0.39, 0.29) is 0 Å². The van der Waals surface area contributed by atoms with Gasteiger partial charge in [0.25, 0.3) is 0 Å². The number of nitrogens with zero attached hydrogens (tertiary/aromatic N) is 1. The zero-order chi connectivity index (χ0) is 7.68. The van der Waals surface area contributed by atoms with Gasteiger partial charge in [-0.3, -0.25) is 0 Å². The molecule has 0 aromatic carbocycles. The average Bonchev–Trinajstić information content (AvgIpc) is 2.46. The van der Waals surface area contributed by atoms with Gasteiger partial charge in [-0.25, -0.2) is 4.98 Å². The van der Waals surface area contributed by atoms with E-state index in [9.17, 15) is 0 Å². The summed E-state index contributed by atoms with van der Waals surface area (Å²) < 4.78 is 5.50. The van der Waals surface area contributed by atoms with E-state index in [0.717, 1.165) is 43.3 Å². The van der Waals surface area contributed by atoms with Crippen LogP contribution in [0.1, 0.15) is 24.3 Å². The van der Waals surface area contributed by atoms with Gasteiger partial charge in [-0.05, 0) is 0 Å². The summed E-state index contributed by atoms with van der Waals surface area (Å²) in [5.74, 6) is 1.96. The fraction of sp³-hybridized carbons (Fsp3) is 0.625. The molecule has 1 N–H and O–H groups in total. The largest absolute Gasteiger partial charge is 0.445 e. The summed E-state index contributed by atoms with van der Waals surface area (Å²) in [5.41, 5.74) is 1.10. The van der Waals surface area contributed by atoms with Crippen LogP contribution in [0.15, 0.2) is 4.42 Å².